The fourth-order valence-corrected chi connectivity index (χ4v) is 0.637. The summed E-state index contributed by atoms with van der Waals surface area (Å²) in [7, 11) is 0. The van der Waals surface area contributed by atoms with Crippen molar-refractivity contribution in [2.75, 3.05) is 0 Å². The molecule has 0 spiro atoms. The molecular weight excluding hydrogens is 140 g/mol. The summed E-state index contributed by atoms with van der Waals surface area (Å²) in [5.41, 5.74) is 0. The first-order chi connectivity index (χ1) is 5.16. The maximum Gasteiger partial charge on any atom is 0.305 e. The quantitative estimate of drug-likeness (QED) is 0.453. The van der Waals surface area contributed by atoms with Gasteiger partial charge in [0.25, 0.3) is 0 Å². The van der Waals surface area contributed by atoms with Crippen LogP contribution >= 0.6 is 0 Å². The number of ether oxygens (including phenoxy) is 1. The Kier molecular flexibility index (Phi) is 5.90. The summed E-state index contributed by atoms with van der Waals surface area (Å²) in [4.78, 5) is 10.6. The molecule has 0 aliphatic carbocycles. The second-order valence-corrected chi connectivity index (χ2v) is 2.98. The first-order valence-electron chi connectivity index (χ1n) is 4.18. The van der Waals surface area contributed by atoms with E-state index in [9.17, 15) is 4.79 Å². The lowest BCUT2D eigenvalue weighted by molar-refractivity contribution is -0.140. The van der Waals surface area contributed by atoms with Gasteiger partial charge in [0.1, 0.15) is 6.61 Å². The molecule has 2 nitrogen and oxygen atoms in total. The average molecular weight is 157 g/mol. The Hall–Kier alpha value is -0.530. The van der Waals surface area contributed by atoms with Crippen LogP contribution in [-0.2, 0) is 9.53 Å². The highest BCUT2D eigenvalue weighted by atomic mass is 16.5. The van der Waals surface area contributed by atoms with Crippen LogP contribution in [0.3, 0.4) is 0 Å². The van der Waals surface area contributed by atoms with Crippen molar-refractivity contribution in [3.63, 3.8) is 0 Å². The molecule has 0 saturated heterocycles. The summed E-state index contributed by atoms with van der Waals surface area (Å²) in [6.07, 6.45) is 2.40. The number of hydrogen-bond donors (Lipinski definition) is 0. The van der Waals surface area contributed by atoms with E-state index in [4.69, 9.17) is 4.74 Å². The second kappa shape index (κ2) is 6.20. The van der Waals surface area contributed by atoms with Gasteiger partial charge in [-0.1, -0.05) is 20.8 Å². The normalized spacial score (nSPS) is 10.2. The Balaban J connectivity index is 3.08. The molecule has 0 saturated carbocycles. The van der Waals surface area contributed by atoms with Gasteiger partial charge in [0.05, 0.1) is 0 Å². The fourth-order valence-electron chi connectivity index (χ4n) is 0.637. The van der Waals surface area contributed by atoms with Crippen LogP contribution in [0.15, 0.2) is 0 Å². The highest BCUT2D eigenvalue weighted by molar-refractivity contribution is 5.69. The molecule has 0 aliphatic rings. The SMILES string of the molecule is CCC(=O)O[CH]CCC(C)C. The van der Waals surface area contributed by atoms with E-state index in [-0.39, 0.29) is 5.97 Å². The lowest BCUT2D eigenvalue weighted by Gasteiger charge is -2.03. The first-order valence-corrected chi connectivity index (χ1v) is 4.18. The van der Waals surface area contributed by atoms with E-state index in [1.54, 1.807) is 13.5 Å². The molecule has 65 valence electrons. The number of esters is 1. The smallest absolute Gasteiger partial charge is 0.305 e. The Labute approximate surface area is 68.9 Å². The number of rotatable bonds is 5. The Morgan fingerprint density at radius 3 is 2.64 bits per heavy atom. The van der Waals surface area contributed by atoms with E-state index in [1.165, 1.54) is 0 Å². The zero-order valence-electron chi connectivity index (χ0n) is 7.59. The first kappa shape index (κ1) is 10.5. The summed E-state index contributed by atoms with van der Waals surface area (Å²) in [5, 5.41) is 0. The van der Waals surface area contributed by atoms with Crippen LogP contribution < -0.4 is 0 Å². The summed E-state index contributed by atoms with van der Waals surface area (Å²) < 4.78 is 4.78. The minimum Gasteiger partial charge on any atom is -0.458 e. The molecule has 11 heavy (non-hydrogen) atoms. The number of carbonyl (C=O) groups is 1. The van der Waals surface area contributed by atoms with E-state index in [0.717, 1.165) is 12.8 Å². The average Bonchev–Trinajstić information content (AvgIpc) is 1.97. The van der Waals surface area contributed by atoms with Crippen molar-refractivity contribution in [2.45, 2.75) is 40.0 Å². The molecule has 0 fully saturated rings. The summed E-state index contributed by atoms with van der Waals surface area (Å²) in [6, 6.07) is 0. The van der Waals surface area contributed by atoms with E-state index in [1.807, 2.05) is 0 Å². The van der Waals surface area contributed by atoms with Crippen molar-refractivity contribution in [3.8, 4) is 0 Å². The van der Waals surface area contributed by atoms with Crippen molar-refractivity contribution < 1.29 is 9.53 Å². The Morgan fingerprint density at radius 1 is 1.55 bits per heavy atom. The second-order valence-electron chi connectivity index (χ2n) is 2.98. The topological polar surface area (TPSA) is 26.3 Å². The molecule has 0 aliphatic heterocycles. The summed E-state index contributed by atoms with van der Waals surface area (Å²) in [6.45, 7) is 7.69. The van der Waals surface area contributed by atoms with E-state index >= 15 is 0 Å². The van der Waals surface area contributed by atoms with Gasteiger partial charge in [-0.25, -0.2) is 0 Å². The zero-order valence-corrected chi connectivity index (χ0v) is 7.59. The molecule has 0 rings (SSSR count). The zero-order chi connectivity index (χ0) is 8.69. The molecule has 0 amide bonds. The monoisotopic (exact) mass is 157 g/mol. The van der Waals surface area contributed by atoms with Crippen LogP contribution in [0, 0.1) is 12.5 Å². The highest BCUT2D eigenvalue weighted by Crippen LogP contribution is 2.05. The van der Waals surface area contributed by atoms with Crippen molar-refractivity contribution >= 4 is 5.97 Å². The molecule has 1 radical (unpaired) electrons. The maximum absolute atomic E-state index is 10.6. The van der Waals surface area contributed by atoms with Gasteiger partial charge in [0, 0.05) is 6.42 Å². The van der Waals surface area contributed by atoms with Crippen LogP contribution in [0.2, 0.25) is 0 Å². The van der Waals surface area contributed by atoms with Gasteiger partial charge in [0.2, 0.25) is 0 Å². The molecule has 2 heteroatoms. The molecule has 0 heterocycles. The van der Waals surface area contributed by atoms with Crippen LogP contribution in [-0.4, -0.2) is 5.97 Å². The number of carbonyl (C=O) groups excluding carboxylic acids is 1. The fraction of sp³-hybridized carbons (Fsp3) is 0.778. The molecule has 0 aromatic carbocycles. The van der Waals surface area contributed by atoms with E-state index in [2.05, 4.69) is 13.8 Å². The third kappa shape index (κ3) is 7.37. The maximum atomic E-state index is 10.6. The van der Waals surface area contributed by atoms with Crippen molar-refractivity contribution in [1.29, 1.82) is 0 Å². The Morgan fingerprint density at radius 2 is 2.18 bits per heavy atom. The minimum absolute atomic E-state index is 0.145. The lowest BCUT2D eigenvalue weighted by Crippen LogP contribution is -2.00. The summed E-state index contributed by atoms with van der Waals surface area (Å²) >= 11 is 0. The molecular formula is C9H17O2. The van der Waals surface area contributed by atoms with Crippen molar-refractivity contribution in [2.24, 2.45) is 5.92 Å². The van der Waals surface area contributed by atoms with Gasteiger partial charge in [0.15, 0.2) is 0 Å². The molecule has 0 N–H and O–H groups in total. The predicted octanol–water partition coefficient (Wildman–Crippen LogP) is 2.54. The summed E-state index contributed by atoms with van der Waals surface area (Å²) in [5.74, 6) is 0.528. The van der Waals surface area contributed by atoms with Gasteiger partial charge in [-0.15, -0.1) is 0 Å². The van der Waals surface area contributed by atoms with Gasteiger partial charge in [-0.3, -0.25) is 4.79 Å². The van der Waals surface area contributed by atoms with Gasteiger partial charge in [-0.2, -0.15) is 0 Å². The standard InChI is InChI=1S/C9H17O2/c1-4-9(10)11-7-5-6-8(2)3/h7-8H,4-6H2,1-3H3. The number of hydrogen-bond acceptors (Lipinski definition) is 2. The van der Waals surface area contributed by atoms with Crippen LogP contribution in [0.5, 0.6) is 0 Å². The molecule has 0 bridgehead atoms. The molecule has 0 aromatic rings. The van der Waals surface area contributed by atoms with E-state index < -0.39 is 0 Å². The third-order valence-electron chi connectivity index (χ3n) is 1.37. The lowest BCUT2D eigenvalue weighted by atomic mass is 10.1. The Bertz CT molecular complexity index is 108. The molecule has 0 aromatic heterocycles. The van der Waals surface area contributed by atoms with E-state index in [0.29, 0.717) is 12.3 Å². The predicted molar refractivity (Wildman–Crippen MR) is 44.8 cm³/mol. The van der Waals surface area contributed by atoms with Gasteiger partial charge in [-0.05, 0) is 18.8 Å². The van der Waals surface area contributed by atoms with Crippen molar-refractivity contribution in [1.82, 2.24) is 0 Å². The van der Waals surface area contributed by atoms with Gasteiger partial charge >= 0.3 is 5.97 Å². The van der Waals surface area contributed by atoms with Crippen LogP contribution in [0.4, 0.5) is 0 Å². The molecule has 0 atom stereocenters. The van der Waals surface area contributed by atoms with Gasteiger partial charge < -0.3 is 4.74 Å². The highest BCUT2D eigenvalue weighted by Gasteiger charge is 1.99. The molecule has 0 unspecified atom stereocenters. The van der Waals surface area contributed by atoms with Crippen molar-refractivity contribution in [3.05, 3.63) is 6.61 Å². The largest absolute Gasteiger partial charge is 0.458 e. The van der Waals surface area contributed by atoms with Crippen LogP contribution in [0.25, 0.3) is 0 Å². The third-order valence-corrected chi connectivity index (χ3v) is 1.37. The minimum atomic E-state index is -0.145. The van der Waals surface area contributed by atoms with Crippen LogP contribution in [0.1, 0.15) is 40.0 Å².